The fourth-order valence-corrected chi connectivity index (χ4v) is 1.42. The fraction of sp³-hybridized carbons (Fsp3) is 0.500. The molecule has 5 heteroatoms. The van der Waals surface area contributed by atoms with Crippen molar-refractivity contribution in [1.29, 1.82) is 0 Å². The predicted octanol–water partition coefficient (Wildman–Crippen LogP) is 2.22. The van der Waals surface area contributed by atoms with Gasteiger partial charge in [-0.05, 0) is 43.6 Å². The summed E-state index contributed by atoms with van der Waals surface area (Å²) in [5.41, 5.74) is 0.254. The van der Waals surface area contributed by atoms with Crippen molar-refractivity contribution in [3.8, 4) is 0 Å². The number of rotatable bonds is 6. The zero-order chi connectivity index (χ0) is 12.7. The summed E-state index contributed by atoms with van der Waals surface area (Å²) in [6.07, 6.45) is -2.89. The first-order chi connectivity index (χ1) is 8.04. The standard InChI is InChI=1S/C12H16F3NO/c13-12(14,15)11-4-2-10(3-5-11)6-8-16-7-1-9-17/h2-5,16-17H,1,6-9H2. The highest BCUT2D eigenvalue weighted by Gasteiger charge is 2.29. The zero-order valence-electron chi connectivity index (χ0n) is 9.43. The SMILES string of the molecule is OCCCNCCc1ccc(C(F)(F)F)cc1. The van der Waals surface area contributed by atoms with Gasteiger partial charge in [-0.2, -0.15) is 13.2 Å². The molecule has 2 nitrogen and oxygen atoms in total. The molecule has 0 aliphatic rings. The van der Waals surface area contributed by atoms with E-state index in [1.54, 1.807) is 0 Å². The van der Waals surface area contributed by atoms with Gasteiger partial charge in [-0.15, -0.1) is 0 Å². The minimum absolute atomic E-state index is 0.146. The Morgan fingerprint density at radius 1 is 1.06 bits per heavy atom. The van der Waals surface area contributed by atoms with Crippen LogP contribution in [0.3, 0.4) is 0 Å². The Hall–Kier alpha value is -1.07. The fourth-order valence-electron chi connectivity index (χ4n) is 1.42. The average molecular weight is 247 g/mol. The second-order valence-electron chi connectivity index (χ2n) is 3.77. The third kappa shape index (κ3) is 5.19. The maximum Gasteiger partial charge on any atom is 0.416 e. The van der Waals surface area contributed by atoms with Gasteiger partial charge in [0.05, 0.1) is 5.56 Å². The van der Waals surface area contributed by atoms with E-state index in [-0.39, 0.29) is 6.61 Å². The summed E-state index contributed by atoms with van der Waals surface area (Å²) >= 11 is 0. The molecule has 0 spiro atoms. The van der Waals surface area contributed by atoms with Crippen molar-refractivity contribution in [2.75, 3.05) is 19.7 Å². The van der Waals surface area contributed by atoms with E-state index in [1.807, 2.05) is 0 Å². The summed E-state index contributed by atoms with van der Waals surface area (Å²) in [5, 5.41) is 11.6. The van der Waals surface area contributed by atoms with Crippen molar-refractivity contribution in [3.05, 3.63) is 35.4 Å². The highest BCUT2D eigenvalue weighted by atomic mass is 19.4. The van der Waals surface area contributed by atoms with Crippen molar-refractivity contribution >= 4 is 0 Å². The lowest BCUT2D eigenvalue weighted by atomic mass is 10.1. The molecule has 17 heavy (non-hydrogen) atoms. The van der Waals surface area contributed by atoms with E-state index in [2.05, 4.69) is 5.32 Å². The van der Waals surface area contributed by atoms with E-state index in [0.29, 0.717) is 19.4 Å². The molecule has 0 aliphatic carbocycles. The monoisotopic (exact) mass is 247 g/mol. The summed E-state index contributed by atoms with van der Waals surface area (Å²) in [7, 11) is 0. The molecule has 0 amide bonds. The Morgan fingerprint density at radius 2 is 1.71 bits per heavy atom. The lowest BCUT2D eigenvalue weighted by Crippen LogP contribution is -2.19. The van der Waals surface area contributed by atoms with Crippen LogP contribution >= 0.6 is 0 Å². The van der Waals surface area contributed by atoms with Gasteiger partial charge in [0.25, 0.3) is 0 Å². The maximum absolute atomic E-state index is 12.3. The largest absolute Gasteiger partial charge is 0.416 e. The van der Waals surface area contributed by atoms with Crippen LogP contribution < -0.4 is 5.32 Å². The number of aliphatic hydroxyl groups excluding tert-OH is 1. The number of alkyl halides is 3. The number of hydrogen-bond donors (Lipinski definition) is 2. The molecule has 0 heterocycles. The van der Waals surface area contributed by atoms with Crippen LogP contribution in [0, 0.1) is 0 Å². The summed E-state index contributed by atoms with van der Waals surface area (Å²) in [5.74, 6) is 0. The maximum atomic E-state index is 12.3. The summed E-state index contributed by atoms with van der Waals surface area (Å²) in [6.45, 7) is 1.57. The van der Waals surface area contributed by atoms with Crippen molar-refractivity contribution in [1.82, 2.24) is 5.32 Å². The smallest absolute Gasteiger partial charge is 0.396 e. The van der Waals surface area contributed by atoms with Crippen LogP contribution in [0.25, 0.3) is 0 Å². The second-order valence-corrected chi connectivity index (χ2v) is 3.77. The quantitative estimate of drug-likeness (QED) is 0.755. The van der Waals surface area contributed by atoms with Crippen molar-refractivity contribution in [3.63, 3.8) is 0 Å². The molecular weight excluding hydrogens is 231 g/mol. The van der Waals surface area contributed by atoms with E-state index in [9.17, 15) is 13.2 Å². The predicted molar refractivity (Wildman–Crippen MR) is 59.7 cm³/mol. The Labute approximate surface area is 98.5 Å². The van der Waals surface area contributed by atoms with Gasteiger partial charge in [0.15, 0.2) is 0 Å². The Kier molecular flexibility index (Phi) is 5.44. The average Bonchev–Trinajstić information content (AvgIpc) is 2.28. The van der Waals surface area contributed by atoms with Gasteiger partial charge in [-0.25, -0.2) is 0 Å². The van der Waals surface area contributed by atoms with Crippen LogP contribution in [0.15, 0.2) is 24.3 Å². The van der Waals surface area contributed by atoms with Gasteiger partial charge >= 0.3 is 6.18 Å². The normalized spacial score (nSPS) is 11.8. The first-order valence-electron chi connectivity index (χ1n) is 5.52. The van der Waals surface area contributed by atoms with Gasteiger partial charge in [0, 0.05) is 6.61 Å². The number of benzene rings is 1. The van der Waals surface area contributed by atoms with E-state index in [1.165, 1.54) is 12.1 Å². The van der Waals surface area contributed by atoms with Crippen molar-refractivity contribution in [2.45, 2.75) is 19.0 Å². The Morgan fingerprint density at radius 3 is 2.24 bits per heavy atom. The highest BCUT2D eigenvalue weighted by molar-refractivity contribution is 5.24. The Bertz CT molecular complexity index is 322. The second kappa shape index (κ2) is 6.61. The molecule has 0 aliphatic heterocycles. The molecule has 96 valence electrons. The Balaban J connectivity index is 2.36. The van der Waals surface area contributed by atoms with Gasteiger partial charge in [0.1, 0.15) is 0 Å². The molecule has 0 saturated carbocycles. The van der Waals surface area contributed by atoms with E-state index in [4.69, 9.17) is 5.11 Å². The molecular formula is C12H16F3NO. The molecule has 0 aromatic heterocycles. The van der Waals surface area contributed by atoms with Gasteiger partial charge in [0.2, 0.25) is 0 Å². The van der Waals surface area contributed by atoms with E-state index >= 15 is 0 Å². The molecule has 0 radical (unpaired) electrons. The molecule has 0 saturated heterocycles. The van der Waals surface area contributed by atoms with Crippen LogP contribution in [0.4, 0.5) is 13.2 Å². The van der Waals surface area contributed by atoms with E-state index < -0.39 is 11.7 Å². The van der Waals surface area contributed by atoms with Gasteiger partial charge in [-0.1, -0.05) is 12.1 Å². The number of halogens is 3. The minimum Gasteiger partial charge on any atom is -0.396 e. The van der Waals surface area contributed by atoms with Crippen LogP contribution in [0.1, 0.15) is 17.5 Å². The molecule has 0 fully saturated rings. The zero-order valence-corrected chi connectivity index (χ0v) is 9.43. The highest BCUT2D eigenvalue weighted by Crippen LogP contribution is 2.29. The lowest BCUT2D eigenvalue weighted by Gasteiger charge is -2.08. The molecule has 2 N–H and O–H groups in total. The van der Waals surface area contributed by atoms with Crippen LogP contribution in [0.5, 0.6) is 0 Å². The summed E-state index contributed by atoms with van der Waals surface area (Å²) in [4.78, 5) is 0. The molecule has 1 aromatic carbocycles. The van der Waals surface area contributed by atoms with Crippen molar-refractivity contribution < 1.29 is 18.3 Å². The number of aliphatic hydroxyl groups is 1. The molecule has 1 rings (SSSR count). The number of hydrogen-bond acceptors (Lipinski definition) is 2. The third-order valence-electron chi connectivity index (χ3n) is 2.38. The minimum atomic E-state index is -4.27. The number of nitrogens with one attached hydrogen (secondary N) is 1. The molecule has 1 aromatic rings. The third-order valence-corrected chi connectivity index (χ3v) is 2.38. The molecule has 0 bridgehead atoms. The molecule has 0 atom stereocenters. The topological polar surface area (TPSA) is 32.3 Å². The van der Waals surface area contributed by atoms with Crippen LogP contribution in [-0.4, -0.2) is 24.8 Å². The van der Waals surface area contributed by atoms with Crippen LogP contribution in [-0.2, 0) is 12.6 Å². The van der Waals surface area contributed by atoms with Crippen molar-refractivity contribution in [2.24, 2.45) is 0 Å². The van der Waals surface area contributed by atoms with Gasteiger partial charge < -0.3 is 10.4 Å². The first kappa shape index (κ1) is 14.0. The first-order valence-corrected chi connectivity index (χ1v) is 5.52. The van der Waals surface area contributed by atoms with Crippen LogP contribution in [0.2, 0.25) is 0 Å². The summed E-state index contributed by atoms with van der Waals surface area (Å²) < 4.78 is 36.8. The summed E-state index contributed by atoms with van der Waals surface area (Å²) in [6, 6.07) is 5.19. The molecule has 0 unspecified atom stereocenters. The lowest BCUT2D eigenvalue weighted by molar-refractivity contribution is -0.137. The van der Waals surface area contributed by atoms with E-state index in [0.717, 1.165) is 24.2 Å². The van der Waals surface area contributed by atoms with Gasteiger partial charge in [-0.3, -0.25) is 0 Å².